The summed E-state index contributed by atoms with van der Waals surface area (Å²) >= 11 is 0. The number of rotatable bonds is 2. The zero-order valence-corrected chi connectivity index (χ0v) is 11.9. The van der Waals surface area contributed by atoms with Crippen LogP contribution in [0.5, 0.6) is 0 Å². The average molecular weight is 377 g/mol. The minimum atomic E-state index is -6.83. The zero-order valence-electron chi connectivity index (χ0n) is 11.1. The Morgan fingerprint density at radius 2 is 1.09 bits per heavy atom. The lowest BCUT2D eigenvalue weighted by atomic mass is 10.3. The lowest BCUT2D eigenvalue weighted by molar-refractivity contribution is -0.307. The number of hydrogen-bond donors (Lipinski definition) is 1. The summed E-state index contributed by atoms with van der Waals surface area (Å²) in [5.41, 5.74) is -1.18. The predicted octanol–water partition coefficient (Wildman–Crippen LogP) is 5.37. The van der Waals surface area contributed by atoms with Crippen LogP contribution in [0.1, 0.15) is 0 Å². The Labute approximate surface area is 124 Å². The lowest BCUT2D eigenvalue weighted by Gasteiger charge is -2.49. The van der Waals surface area contributed by atoms with Gasteiger partial charge in [0.15, 0.2) is 0 Å². The summed E-state index contributed by atoms with van der Waals surface area (Å²) in [7, 11) is -6.08. The fraction of sp³-hybridized carbons (Fsp3) is 0.455. The normalized spacial score (nSPS) is 18.4. The summed E-state index contributed by atoms with van der Waals surface area (Å²) in [5, 5.41) is -6.47. The van der Waals surface area contributed by atoms with Crippen LogP contribution in [0.25, 0.3) is 0 Å². The van der Waals surface area contributed by atoms with Crippen molar-refractivity contribution in [3.05, 3.63) is 24.3 Å². The Hall–Kier alpha value is -1.33. The van der Waals surface area contributed by atoms with E-state index in [1.807, 2.05) is 0 Å². The van der Waals surface area contributed by atoms with Gasteiger partial charge in [-0.2, -0.15) is 39.5 Å². The van der Waals surface area contributed by atoms with Crippen LogP contribution < -0.4 is 5.73 Å². The van der Waals surface area contributed by atoms with E-state index in [-0.39, 0.29) is 5.69 Å². The summed E-state index contributed by atoms with van der Waals surface area (Å²) < 4.78 is 131. The van der Waals surface area contributed by atoms with Gasteiger partial charge in [-0.05, 0) is 30.5 Å². The van der Waals surface area contributed by atoms with Crippen molar-refractivity contribution in [2.45, 2.75) is 27.8 Å². The zero-order chi connectivity index (χ0) is 18.5. The first-order chi connectivity index (χ1) is 10.00. The molecular weight excluding hydrogens is 368 g/mol. The maximum Gasteiger partial charge on any atom is 0.440 e. The van der Waals surface area contributed by atoms with Gasteiger partial charge in [-0.15, -0.1) is 0 Å². The van der Waals surface area contributed by atoms with Crippen LogP contribution >= 0.6 is 10.0 Å². The van der Waals surface area contributed by atoms with Crippen molar-refractivity contribution in [2.24, 2.45) is 0 Å². The van der Waals surface area contributed by atoms with Crippen molar-refractivity contribution in [2.75, 3.05) is 12.0 Å². The molecule has 0 bridgehead atoms. The Morgan fingerprint density at radius 3 is 1.35 bits per heavy atom. The number of halogens is 10. The number of nitrogen functional groups attached to an aromatic ring is 1. The molecule has 134 valence electrons. The van der Waals surface area contributed by atoms with Gasteiger partial charge in [0.05, 0.1) is 0 Å². The molecule has 1 unspecified atom stereocenters. The van der Waals surface area contributed by atoms with Crippen LogP contribution in [0.3, 0.4) is 0 Å². The molecule has 0 saturated carbocycles. The summed E-state index contributed by atoms with van der Waals surface area (Å²) in [6.45, 7) is 0. The fourth-order valence-corrected chi connectivity index (χ4v) is 4.34. The van der Waals surface area contributed by atoms with Gasteiger partial charge < -0.3 is 5.73 Å². The van der Waals surface area contributed by atoms with Crippen LogP contribution in [0.2, 0.25) is 0 Å². The smallest absolute Gasteiger partial charge is 0.399 e. The van der Waals surface area contributed by atoms with E-state index in [9.17, 15) is 43.9 Å². The number of benzene rings is 1. The predicted molar refractivity (Wildman–Crippen MR) is 64.6 cm³/mol. The molecule has 1 aromatic rings. The molecule has 0 amide bonds. The molecule has 1 atom stereocenters. The van der Waals surface area contributed by atoms with E-state index in [0.717, 1.165) is 0 Å². The van der Waals surface area contributed by atoms with Crippen molar-refractivity contribution in [3.8, 4) is 0 Å². The third-order valence-electron chi connectivity index (χ3n) is 3.11. The summed E-state index contributed by atoms with van der Waals surface area (Å²) in [4.78, 5) is -1.48. The molecule has 0 radical (unpaired) electrons. The van der Waals surface area contributed by atoms with Crippen molar-refractivity contribution in [1.29, 1.82) is 0 Å². The number of hydrogen-bond acceptors (Lipinski definition) is 1. The highest BCUT2D eigenvalue weighted by atomic mass is 32.3. The Balaban J connectivity index is 3.87. The second kappa shape index (κ2) is 5.35. The van der Waals surface area contributed by atoms with Crippen molar-refractivity contribution < 1.29 is 43.9 Å². The second-order valence-corrected chi connectivity index (χ2v) is 7.86. The van der Waals surface area contributed by atoms with Crippen LogP contribution in [0.15, 0.2) is 29.2 Å². The van der Waals surface area contributed by atoms with Crippen LogP contribution in [-0.2, 0) is 0 Å². The van der Waals surface area contributed by atoms with Gasteiger partial charge in [-0.3, -0.25) is 0 Å². The van der Waals surface area contributed by atoms with Crippen molar-refractivity contribution in [3.63, 3.8) is 0 Å². The molecule has 0 aliphatic carbocycles. The van der Waals surface area contributed by atoms with Crippen molar-refractivity contribution in [1.82, 2.24) is 0 Å². The van der Waals surface area contributed by atoms with E-state index in [1.165, 1.54) is 0 Å². The highest BCUT2D eigenvalue weighted by Crippen LogP contribution is 2.79. The standard InChI is InChI=1S/C11H9F10NS/c1-23(11(19,20)21,7-4-2-6(22)3-5-7)8(12,9(13,14)15)10(16,17)18/h2-5H,22H2,1H3. The molecule has 2 N–H and O–H groups in total. The van der Waals surface area contributed by atoms with Gasteiger partial charge in [0.2, 0.25) is 0 Å². The van der Waals surface area contributed by atoms with Gasteiger partial charge >= 0.3 is 22.9 Å². The lowest BCUT2D eigenvalue weighted by Crippen LogP contribution is -2.59. The van der Waals surface area contributed by atoms with Crippen LogP contribution in [0, 0.1) is 0 Å². The quantitative estimate of drug-likeness (QED) is 0.544. The molecule has 12 heteroatoms. The van der Waals surface area contributed by atoms with E-state index in [0.29, 0.717) is 24.3 Å². The van der Waals surface area contributed by atoms with E-state index < -0.39 is 44.0 Å². The summed E-state index contributed by atoms with van der Waals surface area (Å²) in [6, 6.07) is 1.95. The molecule has 1 aromatic carbocycles. The SMILES string of the molecule is CS(c1ccc(N)cc1)(C(F)(F)F)C(F)(C(F)(F)F)C(F)(F)F. The highest BCUT2D eigenvalue weighted by Gasteiger charge is 2.84. The second-order valence-electron chi connectivity index (χ2n) is 4.52. The molecule has 0 saturated heterocycles. The molecule has 1 rings (SSSR count). The monoisotopic (exact) mass is 377 g/mol. The first kappa shape index (κ1) is 19.7. The maximum atomic E-state index is 14.2. The molecular formula is C11H9F10NS. The van der Waals surface area contributed by atoms with Gasteiger partial charge in [0.25, 0.3) is 0 Å². The number of nitrogens with two attached hydrogens (primary N) is 1. The average Bonchev–Trinajstić information content (AvgIpc) is 2.33. The molecule has 0 aliphatic rings. The third kappa shape index (κ3) is 2.81. The molecule has 23 heavy (non-hydrogen) atoms. The maximum absolute atomic E-state index is 14.2. The Bertz CT molecular complexity index is 544. The Morgan fingerprint density at radius 1 is 0.739 bits per heavy atom. The summed E-state index contributed by atoms with van der Waals surface area (Å²) in [6.07, 6.45) is -14.1. The van der Waals surface area contributed by atoms with Gasteiger partial charge in [-0.1, -0.05) is 10.0 Å². The number of anilines is 1. The number of alkyl halides is 10. The van der Waals surface area contributed by atoms with Gasteiger partial charge in [-0.25, -0.2) is 4.39 Å². The first-order valence-corrected chi connectivity index (χ1v) is 7.56. The largest absolute Gasteiger partial charge is 0.440 e. The minimum Gasteiger partial charge on any atom is -0.399 e. The third-order valence-corrected chi connectivity index (χ3v) is 6.83. The fourth-order valence-electron chi connectivity index (χ4n) is 1.82. The van der Waals surface area contributed by atoms with Crippen molar-refractivity contribution >= 4 is 15.7 Å². The minimum absolute atomic E-state index is 0.207. The molecule has 0 spiro atoms. The molecule has 0 aliphatic heterocycles. The highest BCUT2D eigenvalue weighted by molar-refractivity contribution is 8.35. The first-order valence-electron chi connectivity index (χ1n) is 5.52. The molecule has 0 heterocycles. The van der Waals surface area contributed by atoms with Crippen LogP contribution in [0.4, 0.5) is 49.6 Å². The van der Waals surface area contributed by atoms with Crippen LogP contribution in [-0.4, -0.2) is 29.1 Å². The Kier molecular flexibility index (Phi) is 4.58. The van der Waals surface area contributed by atoms with E-state index >= 15 is 0 Å². The van der Waals surface area contributed by atoms with E-state index in [4.69, 9.17) is 5.73 Å². The molecule has 1 nitrogen and oxygen atoms in total. The molecule has 0 fully saturated rings. The topological polar surface area (TPSA) is 26.0 Å². The molecule has 0 aromatic heterocycles. The van der Waals surface area contributed by atoms with Gasteiger partial charge in [0, 0.05) is 10.6 Å². The van der Waals surface area contributed by atoms with Gasteiger partial charge in [0.1, 0.15) is 0 Å². The van der Waals surface area contributed by atoms with E-state index in [1.54, 1.807) is 0 Å². The summed E-state index contributed by atoms with van der Waals surface area (Å²) in [5.74, 6) is 0. The van der Waals surface area contributed by atoms with E-state index in [2.05, 4.69) is 0 Å².